The number of amides is 17. The van der Waals surface area contributed by atoms with Gasteiger partial charge in [0.2, 0.25) is 100 Å². The molecule has 748 valence electrons. The van der Waals surface area contributed by atoms with Crippen molar-refractivity contribution in [3.8, 4) is 5.75 Å². The number of nitrogens with zero attached hydrogens (tertiary/aromatic N) is 7. The minimum absolute atomic E-state index is 0.000820. The summed E-state index contributed by atoms with van der Waals surface area (Å²) in [6.07, 6.45) is 2.24. The number of carbonyl (C=O) groups excluding carboxylic acids is 17. The number of aromatic hydroxyl groups is 1. The summed E-state index contributed by atoms with van der Waals surface area (Å²) in [7, 11) is 3.76. The molecule has 0 unspecified atom stereocenters. The highest BCUT2D eigenvalue weighted by atomic mass is 32.2. The number of thioether (sulfide) groups is 1. The third-order valence-electron chi connectivity index (χ3n) is 24.3. The monoisotopic (exact) mass is 1940 g/mol. The minimum atomic E-state index is -2.00. The van der Waals surface area contributed by atoms with Crippen molar-refractivity contribution in [1.82, 2.24) is 103 Å². The Morgan fingerprint density at radius 2 is 1.13 bits per heavy atom. The van der Waals surface area contributed by atoms with Crippen LogP contribution in [-0.2, 0) is 119 Å². The quantitative estimate of drug-likeness (QED) is 0.0130. The predicted octanol–water partition coefficient (Wildman–Crippen LogP) is -5.42. The minimum Gasteiger partial charge on any atom is -0.508 e. The van der Waals surface area contributed by atoms with E-state index in [2.05, 4.69) is 73.4 Å². The number of imidazole rings is 1. The first-order chi connectivity index (χ1) is 65.7. The number of carboxylic acid groups (broad SMARTS) is 1. The summed E-state index contributed by atoms with van der Waals surface area (Å²) in [4.78, 5) is 277. The van der Waals surface area contributed by atoms with Gasteiger partial charge >= 0.3 is 5.97 Å². The molecule has 3 fully saturated rings. The van der Waals surface area contributed by atoms with Crippen LogP contribution in [0.15, 0.2) is 97.7 Å². The van der Waals surface area contributed by atoms with E-state index in [1.54, 1.807) is 62.4 Å². The second-order valence-corrected chi connectivity index (χ2v) is 35.4. The Balaban J connectivity index is 1.11. The first-order valence-electron chi connectivity index (χ1n) is 45.4. The molecule has 47 nitrogen and oxygen atoms in total. The number of aliphatic hydroxyl groups is 3. The van der Waals surface area contributed by atoms with Crippen molar-refractivity contribution in [2.45, 2.75) is 221 Å². The van der Waals surface area contributed by atoms with Gasteiger partial charge in [0.1, 0.15) is 96.9 Å². The lowest BCUT2D eigenvalue weighted by atomic mass is 10.00. The largest absolute Gasteiger partial charge is 0.508 e. The van der Waals surface area contributed by atoms with Gasteiger partial charge in [-0.2, -0.15) is 0 Å². The topological polar surface area (TPSA) is 708 Å². The van der Waals surface area contributed by atoms with Crippen LogP contribution in [0, 0.1) is 5.41 Å². The SMILES string of the molecule is CCCC[C@H]1C(=O)N(C)[C@@H](CCCC)C(=O)N[C@@H](CCCNC(=N)N)C(=O)N[C@H](C(=O)NCC(N)=O)CSCC(=O)N[C@@H](Cc2ccc(O)cc2)C(=O)N(C)[C@@H](C)C(=O)N[C@@H](CC(N)=O)C(=O)N2CCC[C@H]2C(=O)N[C@@H](Cc2cnc[nH]2)C(=O)N[C@@H](CO)C(=O)N2C[C@H](O)C[C@H]2C(=O)N[C@@H](Cc2c[nH]c3ccccc23)C(=O)N[C@@H](CO)C(=O)N[C@@H](Cc2cn(CC(=O)O)c3ccccc23)C(=O)N1C. The van der Waals surface area contributed by atoms with Gasteiger partial charge in [-0.3, -0.25) is 91.7 Å². The average molecular weight is 1940 g/mol. The number of para-hydroxylation sites is 2. The number of carboxylic acids is 1. The van der Waals surface area contributed by atoms with E-state index in [0.29, 0.717) is 45.8 Å². The third-order valence-corrected chi connectivity index (χ3v) is 25.3. The molecule has 3 aliphatic rings. The van der Waals surface area contributed by atoms with Crippen LogP contribution in [0.25, 0.3) is 21.8 Å². The summed E-state index contributed by atoms with van der Waals surface area (Å²) in [5, 5.41) is 90.9. The maximum Gasteiger partial charge on any atom is 0.323 e. The fourth-order valence-electron chi connectivity index (χ4n) is 16.7. The molecule has 3 aromatic carbocycles. The van der Waals surface area contributed by atoms with Crippen molar-refractivity contribution in [2.75, 3.05) is 72.0 Å². The van der Waals surface area contributed by atoms with Gasteiger partial charge in [-0.25, -0.2) is 4.98 Å². The molecule has 48 heteroatoms. The lowest BCUT2D eigenvalue weighted by Gasteiger charge is -2.36. The lowest BCUT2D eigenvalue weighted by molar-refractivity contribution is -0.149. The number of primary amides is 2. The van der Waals surface area contributed by atoms with E-state index in [1.807, 2.05) is 0 Å². The third kappa shape index (κ3) is 29.4. The summed E-state index contributed by atoms with van der Waals surface area (Å²) >= 11 is 0.734. The van der Waals surface area contributed by atoms with Gasteiger partial charge in [0.25, 0.3) is 0 Å². The van der Waals surface area contributed by atoms with E-state index in [9.17, 15) is 83.1 Å². The zero-order chi connectivity index (χ0) is 101. The number of phenolic OH excluding ortho intramolecular Hbond substituents is 1. The molecule has 6 heterocycles. The summed E-state index contributed by atoms with van der Waals surface area (Å²) in [5.74, 6) is -20.4. The molecule has 6 aromatic rings. The van der Waals surface area contributed by atoms with Gasteiger partial charge in [0.05, 0.1) is 44.4 Å². The number of aromatic amines is 2. The van der Waals surface area contributed by atoms with E-state index in [-0.39, 0.29) is 94.3 Å². The van der Waals surface area contributed by atoms with Crippen molar-refractivity contribution in [2.24, 2.45) is 17.2 Å². The number of guanidine groups is 1. The average Bonchev–Trinajstić information content (AvgIpc) is 1.62. The number of hydrogen-bond acceptors (Lipinski definition) is 25. The van der Waals surface area contributed by atoms with Crippen LogP contribution >= 0.6 is 11.8 Å². The molecule has 25 N–H and O–H groups in total. The maximum atomic E-state index is 15.9. The molecule has 17 amide bonds. The molecule has 9 rings (SSSR count). The van der Waals surface area contributed by atoms with E-state index in [1.165, 1.54) is 81.8 Å². The number of unbranched alkanes of at least 4 members (excludes halogenated alkanes) is 2. The van der Waals surface area contributed by atoms with Crippen LogP contribution < -0.4 is 75.7 Å². The Bertz CT molecular complexity index is 5390. The van der Waals surface area contributed by atoms with Crippen LogP contribution in [0.5, 0.6) is 5.75 Å². The fraction of sp³-hybridized carbons (Fsp3) is 0.511. The molecule has 15 atom stereocenters. The molecule has 3 aliphatic heterocycles. The normalized spacial score (nSPS) is 24.4. The molecule has 3 aromatic heterocycles. The number of fused-ring (bicyclic) bond motifs is 4. The molecule has 0 radical (unpaired) electrons. The number of nitrogens with two attached hydrogens (primary N) is 3. The number of benzene rings is 3. The number of carbonyl (C=O) groups is 18. The smallest absolute Gasteiger partial charge is 0.323 e. The lowest BCUT2D eigenvalue weighted by Crippen LogP contribution is -2.62. The molecule has 3 saturated heterocycles. The Hall–Kier alpha value is -14.3. The highest BCUT2D eigenvalue weighted by Crippen LogP contribution is 2.29. The Morgan fingerprint density at radius 3 is 1.78 bits per heavy atom. The van der Waals surface area contributed by atoms with Crippen molar-refractivity contribution in [3.63, 3.8) is 0 Å². The molecule has 0 bridgehead atoms. The van der Waals surface area contributed by atoms with E-state index >= 15 is 28.8 Å². The predicted molar refractivity (Wildman–Crippen MR) is 499 cm³/mol. The number of aromatic nitrogens is 4. The van der Waals surface area contributed by atoms with E-state index < -0.39 is 273 Å². The second-order valence-electron chi connectivity index (χ2n) is 34.4. The Kier molecular flexibility index (Phi) is 39.7. The molecular formula is C90H124N24O23S. The van der Waals surface area contributed by atoms with Crippen LogP contribution in [0.4, 0.5) is 0 Å². The Morgan fingerprint density at radius 1 is 0.558 bits per heavy atom. The van der Waals surface area contributed by atoms with Gasteiger partial charge in [0, 0.05) is 125 Å². The van der Waals surface area contributed by atoms with Crippen molar-refractivity contribution >= 4 is 146 Å². The van der Waals surface area contributed by atoms with Gasteiger partial charge in [-0.1, -0.05) is 88.1 Å². The van der Waals surface area contributed by atoms with Crippen LogP contribution in [-0.4, -0.2) is 345 Å². The van der Waals surface area contributed by atoms with Gasteiger partial charge in [0.15, 0.2) is 5.96 Å². The number of aliphatic hydroxyl groups excluding tert-OH is 3. The molecule has 0 spiro atoms. The molecular weight excluding hydrogens is 1820 g/mol. The second kappa shape index (κ2) is 51.0. The number of H-pyrrole nitrogens is 2. The number of likely N-dealkylation sites (N-methyl/N-ethyl adjacent to an activating group) is 3. The van der Waals surface area contributed by atoms with Crippen LogP contribution in [0.1, 0.15) is 120 Å². The summed E-state index contributed by atoms with van der Waals surface area (Å²) in [5.41, 5.74) is 19.0. The van der Waals surface area contributed by atoms with Gasteiger partial charge in [-0.05, 0) is 86.4 Å². The zero-order valence-electron chi connectivity index (χ0n) is 77.4. The van der Waals surface area contributed by atoms with Crippen LogP contribution in [0.3, 0.4) is 0 Å². The van der Waals surface area contributed by atoms with Gasteiger partial charge < -0.3 is 140 Å². The number of aliphatic carboxylic acids is 1. The summed E-state index contributed by atoms with van der Waals surface area (Å²) in [6, 6.07) is -4.55. The summed E-state index contributed by atoms with van der Waals surface area (Å²) < 4.78 is 1.39. The van der Waals surface area contributed by atoms with Crippen molar-refractivity contribution in [1.29, 1.82) is 5.41 Å². The van der Waals surface area contributed by atoms with E-state index in [4.69, 9.17) is 22.6 Å². The van der Waals surface area contributed by atoms with Crippen molar-refractivity contribution in [3.05, 3.63) is 120 Å². The maximum absolute atomic E-state index is 15.9. The number of rotatable bonds is 27. The number of hydrogen-bond donors (Lipinski definition) is 22. The first-order valence-corrected chi connectivity index (χ1v) is 46.5. The number of nitrogens with one attached hydrogen (secondary N) is 14. The van der Waals surface area contributed by atoms with Crippen molar-refractivity contribution < 1.29 is 112 Å². The summed E-state index contributed by atoms with van der Waals surface area (Å²) in [6.45, 7) is 0.346. The Labute approximate surface area is 797 Å². The molecule has 138 heavy (non-hydrogen) atoms. The molecule has 0 saturated carbocycles. The first kappa shape index (κ1) is 107. The van der Waals surface area contributed by atoms with E-state index in [0.717, 1.165) is 36.3 Å². The highest BCUT2D eigenvalue weighted by Gasteiger charge is 2.47. The van der Waals surface area contributed by atoms with Gasteiger partial charge in [-0.15, -0.1) is 11.8 Å². The number of phenols is 1. The fourth-order valence-corrected chi connectivity index (χ4v) is 17.6. The standard InChI is InChI=1S/C90H124N24O23S/c1-7-9-21-68-82(130)101-58(20-15-29-96-90(93)94)78(126)108-66(77(125)98-39-73(92)120)45-138-46-74(121)100-61(31-49-25-27-53(117)28-26-49)85(133)109(4)48(3)76(124)104-63(36-72(91)119)87(135)113-30-16-24-69(113)83(131)103-60(34-52-38-95-47-99-52)80(128)107-65(44-116)88(136)114-41-54(118)35-71(114)84(132)102-59(32-50-37-97-57-19-13-11-17-55(50)57)79(127)106-64(43-115)81(129)105-62(86(134)111(6)70(22-10-8-2)89(137)110(68)5)33-51-40-112(42-75(122)123)67-23-14-12-18-56(51)67/h11-14,17-19,23,25-28,37-38,40,47-48,54,58-66,68-71,97,115-118H,7-10,15-16,20-22,24,29-36,39,41-46H2,1-6H3,(H2,91,119)(H2,92,120)(H,95,99)(H,98,125)(H,100,121)(H,101,130)(H,102,132)(H,103,131)(H,104,124)(H,105,129)(H,106,127)(H,107,128)(H,108,126)(H,122,123)(H4,93,94,96)/t48-,54+,58-,59-,60-,61-,62-,63-,64-,65-,66-,68-,69-,70-,71-/m0/s1. The van der Waals surface area contributed by atoms with Crippen LogP contribution in [0.2, 0.25) is 0 Å². The highest BCUT2D eigenvalue weighted by molar-refractivity contribution is 8.00. The zero-order valence-corrected chi connectivity index (χ0v) is 78.2. The molecule has 0 aliphatic carbocycles.